The lowest BCUT2D eigenvalue weighted by atomic mass is 10.0. The van der Waals surface area contributed by atoms with Crippen molar-refractivity contribution in [2.75, 3.05) is 13.1 Å². The van der Waals surface area contributed by atoms with Gasteiger partial charge in [-0.1, -0.05) is 18.2 Å². The molecule has 4 heterocycles. The molecule has 5 rings (SSSR count). The second-order valence-corrected chi connectivity index (χ2v) is 11.9. The minimum Gasteiger partial charge on any atom is -0.444 e. The number of hydrogen-bond acceptors (Lipinski definition) is 7. The van der Waals surface area contributed by atoms with Gasteiger partial charge in [0.1, 0.15) is 11.3 Å². The van der Waals surface area contributed by atoms with Crippen LogP contribution in [0.5, 0.6) is 0 Å². The largest absolute Gasteiger partial charge is 0.444 e. The zero-order valence-corrected chi connectivity index (χ0v) is 24.6. The topological polar surface area (TPSA) is 114 Å². The molecular formula is C30H34F3N7O3. The van der Waals surface area contributed by atoms with Crippen molar-refractivity contribution < 1.29 is 27.5 Å². The Kier molecular flexibility index (Phi) is 8.03. The van der Waals surface area contributed by atoms with E-state index in [0.717, 1.165) is 10.3 Å². The van der Waals surface area contributed by atoms with Gasteiger partial charge in [-0.25, -0.2) is 9.78 Å². The van der Waals surface area contributed by atoms with Crippen LogP contribution in [0, 0.1) is 0 Å². The molecule has 0 spiro atoms. The summed E-state index contributed by atoms with van der Waals surface area (Å²) in [5, 5.41) is 15.0. The van der Waals surface area contributed by atoms with Gasteiger partial charge < -0.3 is 15.4 Å². The van der Waals surface area contributed by atoms with Crippen molar-refractivity contribution in [2.24, 2.45) is 0 Å². The number of carbonyl (C=O) groups is 2. The molecule has 3 aromatic heterocycles. The minimum absolute atomic E-state index is 0.0456. The highest BCUT2D eigenvalue weighted by Crippen LogP contribution is 2.41. The number of fused-ring (bicyclic) bond motifs is 2. The molecular weight excluding hydrogens is 563 g/mol. The first-order valence-corrected chi connectivity index (χ1v) is 14.1. The van der Waals surface area contributed by atoms with E-state index in [0.29, 0.717) is 35.4 Å². The van der Waals surface area contributed by atoms with E-state index in [1.807, 2.05) is 13.8 Å². The van der Waals surface area contributed by atoms with E-state index in [1.54, 1.807) is 51.1 Å². The summed E-state index contributed by atoms with van der Waals surface area (Å²) in [5.41, 5.74) is 0.437. The molecule has 1 aliphatic heterocycles. The molecule has 0 saturated carbocycles. The van der Waals surface area contributed by atoms with Crippen LogP contribution in [0.2, 0.25) is 0 Å². The molecule has 1 fully saturated rings. The number of alkyl halides is 3. The number of nitrogens with one attached hydrogen (secondary N) is 2. The van der Waals surface area contributed by atoms with Crippen LogP contribution in [0.15, 0.2) is 48.7 Å². The van der Waals surface area contributed by atoms with Crippen molar-refractivity contribution in [2.45, 2.75) is 70.9 Å². The summed E-state index contributed by atoms with van der Waals surface area (Å²) in [4.78, 5) is 31.3. The van der Waals surface area contributed by atoms with Crippen LogP contribution >= 0.6 is 0 Å². The lowest BCUT2D eigenvalue weighted by molar-refractivity contribution is -0.188. The van der Waals surface area contributed by atoms with E-state index in [2.05, 4.69) is 25.8 Å². The molecule has 1 aromatic carbocycles. The summed E-state index contributed by atoms with van der Waals surface area (Å²) >= 11 is 0. The fourth-order valence-electron chi connectivity index (χ4n) is 5.14. The SMILES string of the molecule is CC(C)NC(=O)c1ccc2ccc(-c3nnc4ccc(C(N(C(=O)OC(C)(C)C)[C@H]5CCNC5)C(F)(F)F)cn34)nc2c1. The molecule has 2 N–H and O–H groups in total. The van der Waals surface area contributed by atoms with E-state index in [4.69, 9.17) is 4.74 Å². The highest BCUT2D eigenvalue weighted by molar-refractivity contribution is 5.98. The van der Waals surface area contributed by atoms with Crippen molar-refractivity contribution in [3.63, 3.8) is 0 Å². The zero-order valence-electron chi connectivity index (χ0n) is 24.6. The third kappa shape index (κ3) is 6.56. The zero-order chi connectivity index (χ0) is 31.1. The van der Waals surface area contributed by atoms with Gasteiger partial charge in [0.25, 0.3) is 5.91 Å². The van der Waals surface area contributed by atoms with Crippen molar-refractivity contribution >= 4 is 28.6 Å². The third-order valence-electron chi connectivity index (χ3n) is 6.96. The van der Waals surface area contributed by atoms with Crippen molar-refractivity contribution in [1.29, 1.82) is 0 Å². The summed E-state index contributed by atoms with van der Waals surface area (Å²) in [6, 6.07) is 8.31. The number of hydrogen-bond donors (Lipinski definition) is 2. The molecule has 1 saturated heterocycles. The molecule has 0 radical (unpaired) electrons. The van der Waals surface area contributed by atoms with Crippen LogP contribution in [0.4, 0.5) is 18.0 Å². The first-order valence-electron chi connectivity index (χ1n) is 14.1. The molecule has 2 atom stereocenters. The molecule has 0 bridgehead atoms. The quantitative estimate of drug-likeness (QED) is 0.311. The van der Waals surface area contributed by atoms with Crippen molar-refractivity contribution in [3.05, 3.63) is 59.8 Å². The lowest BCUT2D eigenvalue weighted by Gasteiger charge is -2.38. The van der Waals surface area contributed by atoms with Crippen LogP contribution in [0.25, 0.3) is 28.1 Å². The molecule has 0 aliphatic carbocycles. The maximum Gasteiger partial charge on any atom is 0.413 e. The molecule has 228 valence electrons. The number of rotatable bonds is 6. The predicted octanol–water partition coefficient (Wildman–Crippen LogP) is 5.29. The standard InChI is InChI=1S/C30H34F3N7O3/c1-17(2)35-27(41)19-7-6-18-8-10-22(36-23(18)14-19)26-38-37-24-11-9-20(16-39(24)26)25(30(31,32)33)40(21-12-13-34-15-21)28(42)43-29(3,4)5/h6-11,14,16-17,21,25,34H,12-13,15H2,1-5H3,(H,35,41)/t21-,25?/m0/s1. The highest BCUT2D eigenvalue weighted by atomic mass is 19.4. The Morgan fingerprint density at radius 3 is 2.49 bits per heavy atom. The second-order valence-electron chi connectivity index (χ2n) is 11.9. The Morgan fingerprint density at radius 2 is 1.84 bits per heavy atom. The van der Waals surface area contributed by atoms with Gasteiger partial charge in [-0.3, -0.25) is 14.1 Å². The second kappa shape index (κ2) is 11.4. The Hall–Kier alpha value is -4.26. The molecule has 43 heavy (non-hydrogen) atoms. The Bertz CT molecular complexity index is 1660. The summed E-state index contributed by atoms with van der Waals surface area (Å²) < 4.78 is 51.4. The van der Waals surface area contributed by atoms with Gasteiger partial charge in [0.05, 0.1) is 5.52 Å². The summed E-state index contributed by atoms with van der Waals surface area (Å²) in [6.07, 6.45) is -4.21. The smallest absolute Gasteiger partial charge is 0.413 e. The van der Waals surface area contributed by atoms with E-state index in [-0.39, 0.29) is 29.9 Å². The summed E-state index contributed by atoms with van der Waals surface area (Å²) in [5.74, 6) is -0.0325. The number of ether oxygens (including phenoxy) is 1. The van der Waals surface area contributed by atoms with Gasteiger partial charge in [-0.05, 0) is 71.8 Å². The minimum atomic E-state index is -4.81. The maximum absolute atomic E-state index is 14.9. The van der Waals surface area contributed by atoms with Crippen LogP contribution in [0.1, 0.15) is 63.0 Å². The first-order chi connectivity index (χ1) is 20.2. The molecule has 1 unspecified atom stereocenters. The normalized spacial score (nSPS) is 16.5. The van der Waals surface area contributed by atoms with Gasteiger partial charge in [-0.15, -0.1) is 10.2 Å². The van der Waals surface area contributed by atoms with E-state index >= 15 is 0 Å². The first kappa shape index (κ1) is 30.2. The van der Waals surface area contributed by atoms with Gasteiger partial charge in [0, 0.05) is 41.3 Å². The average Bonchev–Trinajstić information content (AvgIpc) is 3.59. The van der Waals surface area contributed by atoms with Gasteiger partial charge in [0.2, 0.25) is 0 Å². The molecule has 10 nitrogen and oxygen atoms in total. The monoisotopic (exact) mass is 597 g/mol. The van der Waals surface area contributed by atoms with Crippen LogP contribution in [-0.4, -0.2) is 73.4 Å². The Balaban J connectivity index is 1.58. The number of nitrogens with zero attached hydrogens (tertiary/aromatic N) is 5. The Morgan fingerprint density at radius 1 is 1.09 bits per heavy atom. The van der Waals surface area contributed by atoms with E-state index < -0.39 is 30.0 Å². The molecule has 2 amide bonds. The van der Waals surface area contributed by atoms with Crippen LogP contribution in [-0.2, 0) is 4.74 Å². The summed E-state index contributed by atoms with van der Waals surface area (Å²) in [6.45, 7) is 9.27. The fraction of sp³-hybridized carbons (Fsp3) is 0.433. The molecule has 13 heteroatoms. The predicted molar refractivity (Wildman–Crippen MR) is 154 cm³/mol. The van der Waals surface area contributed by atoms with Crippen molar-refractivity contribution in [1.82, 2.24) is 35.1 Å². The molecule has 4 aromatic rings. The number of pyridine rings is 2. The Labute approximate surface area is 246 Å². The molecule has 1 aliphatic rings. The van der Waals surface area contributed by atoms with Gasteiger partial charge in [-0.2, -0.15) is 13.2 Å². The van der Waals surface area contributed by atoms with E-state index in [1.165, 1.54) is 22.7 Å². The highest BCUT2D eigenvalue weighted by Gasteiger charge is 2.50. The summed E-state index contributed by atoms with van der Waals surface area (Å²) in [7, 11) is 0. The van der Waals surface area contributed by atoms with E-state index in [9.17, 15) is 22.8 Å². The number of aromatic nitrogens is 4. The lowest BCUT2D eigenvalue weighted by Crippen LogP contribution is -2.50. The number of benzene rings is 1. The number of halogens is 3. The van der Waals surface area contributed by atoms with Gasteiger partial charge in [0.15, 0.2) is 17.5 Å². The number of amides is 2. The number of carbonyl (C=O) groups excluding carboxylic acids is 2. The van der Waals surface area contributed by atoms with Crippen molar-refractivity contribution in [3.8, 4) is 11.5 Å². The average molecular weight is 598 g/mol. The third-order valence-corrected chi connectivity index (χ3v) is 6.96. The van der Waals surface area contributed by atoms with Crippen LogP contribution < -0.4 is 10.6 Å². The van der Waals surface area contributed by atoms with Crippen LogP contribution in [0.3, 0.4) is 0 Å². The van der Waals surface area contributed by atoms with Gasteiger partial charge >= 0.3 is 12.3 Å². The maximum atomic E-state index is 14.9. The fourth-order valence-corrected chi connectivity index (χ4v) is 5.14.